The number of carbonyl (C=O) groups excluding carboxylic acids is 2. The molecule has 4 rings (SSSR count). The van der Waals surface area contributed by atoms with E-state index in [9.17, 15) is 9.59 Å². The van der Waals surface area contributed by atoms with Crippen molar-refractivity contribution in [1.82, 2.24) is 14.9 Å². The van der Waals surface area contributed by atoms with Gasteiger partial charge in [-0.15, -0.1) is 11.8 Å². The molecule has 0 saturated heterocycles. The standard InChI is InChI=1S/C22H22N4O3S/c1-26-12-11-23-21(26)20(14-7-3-5-9-16(14)29-2)25-19(27)13-18-22(28)24-15-8-4-6-10-17(15)30-18/h3-12,18,20H,13H2,1-2H3,(H,24,28)(H,25,27)/t18-,20+/m0/s1. The summed E-state index contributed by atoms with van der Waals surface area (Å²) in [4.78, 5) is 30.8. The molecule has 3 aromatic rings. The molecule has 0 bridgehead atoms. The second-order valence-electron chi connectivity index (χ2n) is 6.93. The predicted octanol–water partition coefficient (Wildman–Crippen LogP) is 3.14. The van der Waals surface area contributed by atoms with Gasteiger partial charge >= 0.3 is 0 Å². The first kappa shape index (κ1) is 20.0. The molecule has 2 amide bonds. The smallest absolute Gasteiger partial charge is 0.238 e. The molecular formula is C22H22N4O3S. The molecule has 0 aliphatic carbocycles. The van der Waals surface area contributed by atoms with Gasteiger partial charge in [0.05, 0.1) is 18.0 Å². The van der Waals surface area contributed by atoms with E-state index >= 15 is 0 Å². The fourth-order valence-electron chi connectivity index (χ4n) is 3.46. The second kappa shape index (κ2) is 8.62. The summed E-state index contributed by atoms with van der Waals surface area (Å²) in [6.45, 7) is 0. The number of methoxy groups -OCH3 is 1. The number of hydrogen-bond acceptors (Lipinski definition) is 5. The molecule has 1 aliphatic rings. The van der Waals surface area contributed by atoms with Crippen LogP contribution in [0.1, 0.15) is 23.9 Å². The summed E-state index contributed by atoms with van der Waals surface area (Å²) in [7, 11) is 3.47. The lowest BCUT2D eigenvalue weighted by atomic mass is 10.0. The number of benzene rings is 2. The lowest BCUT2D eigenvalue weighted by molar-refractivity contribution is -0.124. The third-order valence-corrected chi connectivity index (χ3v) is 6.22. The molecule has 2 atom stereocenters. The first-order valence-electron chi connectivity index (χ1n) is 9.53. The number of ether oxygens (including phenoxy) is 1. The summed E-state index contributed by atoms with van der Waals surface area (Å²) in [6, 6.07) is 14.6. The largest absolute Gasteiger partial charge is 0.496 e. The van der Waals surface area contributed by atoms with Crippen LogP contribution in [0, 0.1) is 0 Å². The molecule has 30 heavy (non-hydrogen) atoms. The Labute approximate surface area is 178 Å². The van der Waals surface area contributed by atoms with Crippen LogP contribution in [0.25, 0.3) is 0 Å². The maximum atomic E-state index is 13.0. The maximum Gasteiger partial charge on any atom is 0.238 e. The average Bonchev–Trinajstić information content (AvgIpc) is 3.18. The van der Waals surface area contributed by atoms with Crippen LogP contribution in [0.4, 0.5) is 5.69 Å². The number of rotatable bonds is 6. The van der Waals surface area contributed by atoms with Gasteiger partial charge in [0.15, 0.2) is 0 Å². The Balaban J connectivity index is 1.56. The zero-order valence-corrected chi connectivity index (χ0v) is 17.5. The topological polar surface area (TPSA) is 85.2 Å². The van der Waals surface area contributed by atoms with E-state index in [1.54, 1.807) is 13.3 Å². The number of carbonyl (C=O) groups is 2. The highest BCUT2D eigenvalue weighted by Gasteiger charge is 2.31. The van der Waals surface area contributed by atoms with Crippen LogP contribution in [0.3, 0.4) is 0 Å². The quantitative estimate of drug-likeness (QED) is 0.638. The predicted molar refractivity (Wildman–Crippen MR) is 116 cm³/mol. The van der Waals surface area contributed by atoms with Crippen molar-refractivity contribution in [3.63, 3.8) is 0 Å². The van der Waals surface area contributed by atoms with Crippen molar-refractivity contribution in [3.8, 4) is 5.75 Å². The third-order valence-electron chi connectivity index (χ3n) is 4.95. The molecule has 7 nitrogen and oxygen atoms in total. The van der Waals surface area contributed by atoms with E-state index in [0.717, 1.165) is 16.1 Å². The Hall–Kier alpha value is -3.26. The highest BCUT2D eigenvalue weighted by Crippen LogP contribution is 2.37. The van der Waals surface area contributed by atoms with Gasteiger partial charge in [-0.2, -0.15) is 0 Å². The Morgan fingerprint density at radius 3 is 2.80 bits per heavy atom. The number of nitrogens with one attached hydrogen (secondary N) is 2. The van der Waals surface area contributed by atoms with Gasteiger partial charge in [-0.05, 0) is 18.2 Å². The van der Waals surface area contributed by atoms with Crippen LogP contribution in [0.2, 0.25) is 0 Å². The summed E-state index contributed by atoms with van der Waals surface area (Å²) < 4.78 is 7.35. The summed E-state index contributed by atoms with van der Waals surface area (Å²) in [5.74, 6) is 0.934. The molecule has 0 radical (unpaired) electrons. The summed E-state index contributed by atoms with van der Waals surface area (Å²) >= 11 is 1.41. The van der Waals surface area contributed by atoms with Crippen LogP contribution >= 0.6 is 11.8 Å². The fourth-order valence-corrected chi connectivity index (χ4v) is 4.57. The molecule has 154 valence electrons. The van der Waals surface area contributed by atoms with Gasteiger partial charge < -0.3 is 19.9 Å². The second-order valence-corrected chi connectivity index (χ2v) is 8.18. The Morgan fingerprint density at radius 2 is 2.03 bits per heavy atom. The monoisotopic (exact) mass is 422 g/mol. The number of amides is 2. The Morgan fingerprint density at radius 1 is 1.27 bits per heavy atom. The Bertz CT molecular complexity index is 1080. The molecule has 0 saturated carbocycles. The number of aryl methyl sites for hydroxylation is 1. The van der Waals surface area contributed by atoms with Gasteiger partial charge in [-0.3, -0.25) is 9.59 Å². The molecule has 1 aromatic heterocycles. The normalized spacial score (nSPS) is 16.3. The van der Waals surface area contributed by atoms with Crippen molar-refractivity contribution < 1.29 is 14.3 Å². The van der Waals surface area contributed by atoms with Gasteiger partial charge in [0.25, 0.3) is 0 Å². The number of imidazole rings is 1. The van der Waals surface area contributed by atoms with Crippen molar-refractivity contribution in [2.75, 3.05) is 12.4 Å². The Kier molecular flexibility index (Phi) is 5.76. The minimum absolute atomic E-state index is 0.0565. The van der Waals surface area contributed by atoms with Crippen LogP contribution in [0.5, 0.6) is 5.75 Å². The van der Waals surface area contributed by atoms with Gasteiger partial charge in [-0.1, -0.05) is 30.3 Å². The van der Waals surface area contributed by atoms with Crippen LogP contribution in [-0.2, 0) is 16.6 Å². The molecular weight excluding hydrogens is 400 g/mol. The van der Waals surface area contributed by atoms with E-state index in [4.69, 9.17) is 4.74 Å². The minimum atomic E-state index is -0.502. The molecule has 8 heteroatoms. The molecule has 0 spiro atoms. The summed E-state index contributed by atoms with van der Waals surface area (Å²) in [5.41, 5.74) is 1.58. The minimum Gasteiger partial charge on any atom is -0.496 e. The number of aromatic nitrogens is 2. The van der Waals surface area contributed by atoms with Crippen LogP contribution in [-0.4, -0.2) is 33.7 Å². The van der Waals surface area contributed by atoms with Gasteiger partial charge in [0, 0.05) is 36.3 Å². The fraction of sp³-hybridized carbons (Fsp3) is 0.227. The van der Waals surface area contributed by atoms with Gasteiger partial charge in [0.1, 0.15) is 17.6 Å². The van der Waals surface area contributed by atoms with Crippen molar-refractivity contribution in [2.45, 2.75) is 22.6 Å². The van der Waals surface area contributed by atoms with Crippen LogP contribution in [0.15, 0.2) is 65.8 Å². The molecule has 2 aromatic carbocycles. The van der Waals surface area contributed by atoms with E-state index in [0.29, 0.717) is 11.6 Å². The summed E-state index contributed by atoms with van der Waals surface area (Å²) in [5, 5.41) is 5.43. The van der Waals surface area contributed by atoms with Crippen molar-refractivity contribution in [2.24, 2.45) is 7.05 Å². The summed E-state index contributed by atoms with van der Waals surface area (Å²) in [6.07, 6.45) is 3.57. The van der Waals surface area contributed by atoms with E-state index in [1.165, 1.54) is 11.8 Å². The number of fused-ring (bicyclic) bond motifs is 1. The number of para-hydroxylation sites is 2. The number of nitrogens with zero attached hydrogens (tertiary/aromatic N) is 2. The molecule has 0 unspecified atom stereocenters. The highest BCUT2D eigenvalue weighted by atomic mass is 32.2. The van der Waals surface area contributed by atoms with Crippen LogP contribution < -0.4 is 15.4 Å². The third kappa shape index (κ3) is 4.04. The first-order valence-corrected chi connectivity index (χ1v) is 10.4. The lowest BCUT2D eigenvalue weighted by Gasteiger charge is -2.25. The molecule has 1 aliphatic heterocycles. The maximum absolute atomic E-state index is 13.0. The van der Waals surface area contributed by atoms with Crippen molar-refractivity contribution in [3.05, 3.63) is 72.3 Å². The molecule has 2 heterocycles. The van der Waals surface area contributed by atoms with Gasteiger partial charge in [0.2, 0.25) is 11.8 Å². The SMILES string of the molecule is COc1ccccc1[C@@H](NC(=O)C[C@@H]1Sc2ccccc2NC1=O)c1nccn1C. The van der Waals surface area contributed by atoms with Crippen molar-refractivity contribution in [1.29, 1.82) is 0 Å². The number of thioether (sulfide) groups is 1. The molecule has 0 fully saturated rings. The zero-order chi connectivity index (χ0) is 21.1. The van der Waals surface area contributed by atoms with E-state index in [1.807, 2.05) is 66.3 Å². The van der Waals surface area contributed by atoms with E-state index < -0.39 is 11.3 Å². The average molecular weight is 423 g/mol. The van der Waals surface area contributed by atoms with E-state index in [-0.39, 0.29) is 18.2 Å². The van der Waals surface area contributed by atoms with Crippen molar-refractivity contribution >= 4 is 29.3 Å². The highest BCUT2D eigenvalue weighted by molar-refractivity contribution is 8.01. The number of anilines is 1. The lowest BCUT2D eigenvalue weighted by Crippen LogP contribution is -2.37. The van der Waals surface area contributed by atoms with E-state index in [2.05, 4.69) is 15.6 Å². The first-order chi connectivity index (χ1) is 14.6. The zero-order valence-electron chi connectivity index (χ0n) is 16.7. The number of hydrogen-bond donors (Lipinski definition) is 2. The van der Waals surface area contributed by atoms with Gasteiger partial charge in [-0.25, -0.2) is 4.98 Å². The molecule has 2 N–H and O–H groups in total.